The first-order valence-electron chi connectivity index (χ1n) is 5.90. The van der Waals surface area contributed by atoms with E-state index in [1.54, 1.807) is 35.7 Å². The molecule has 0 aliphatic heterocycles. The normalized spacial score (nSPS) is 12.8. The molecule has 0 unspecified atom stereocenters. The highest BCUT2D eigenvalue weighted by Gasteiger charge is 2.34. The maximum atomic E-state index is 12.1. The molecule has 2 N–H and O–H groups in total. The van der Waals surface area contributed by atoms with Crippen LogP contribution in [0.3, 0.4) is 0 Å². The van der Waals surface area contributed by atoms with Gasteiger partial charge in [0.25, 0.3) is 5.91 Å². The number of hydrogen-bond donors (Lipinski definition) is 2. The van der Waals surface area contributed by atoms with Crippen molar-refractivity contribution < 1.29 is 4.79 Å². The molecule has 3 nitrogen and oxygen atoms in total. The number of nitrogens with one attached hydrogen (secondary N) is 2. The molecule has 0 bridgehead atoms. The number of rotatable bonds is 4. The fourth-order valence-corrected chi connectivity index (χ4v) is 2.99. The Hall–Kier alpha value is -0.360. The van der Waals surface area contributed by atoms with E-state index in [0.29, 0.717) is 20.6 Å². The summed E-state index contributed by atoms with van der Waals surface area (Å²) < 4.78 is -1.78. The summed E-state index contributed by atoms with van der Waals surface area (Å²) in [6, 6.07) is 8.23. The number of hydrogen-bond acceptors (Lipinski definition) is 3. The zero-order valence-electron chi connectivity index (χ0n) is 10.7. The Morgan fingerprint density at radius 2 is 1.91 bits per heavy atom. The summed E-state index contributed by atoms with van der Waals surface area (Å²) in [5, 5.41) is 8.12. The van der Waals surface area contributed by atoms with E-state index in [2.05, 4.69) is 10.6 Å². The van der Waals surface area contributed by atoms with Crippen LogP contribution < -0.4 is 10.6 Å². The van der Waals surface area contributed by atoms with Gasteiger partial charge in [0, 0.05) is 5.02 Å². The second kappa shape index (κ2) is 7.47. The first-order chi connectivity index (χ1) is 10.3. The van der Waals surface area contributed by atoms with Gasteiger partial charge in [-0.25, -0.2) is 0 Å². The Bertz CT molecular complexity index is 657. The van der Waals surface area contributed by atoms with Crippen molar-refractivity contribution in [2.75, 3.05) is 5.32 Å². The van der Waals surface area contributed by atoms with E-state index in [4.69, 9.17) is 58.0 Å². The van der Waals surface area contributed by atoms with Gasteiger partial charge in [0.1, 0.15) is 6.17 Å². The van der Waals surface area contributed by atoms with Crippen LogP contribution in [0.25, 0.3) is 0 Å². The lowest BCUT2D eigenvalue weighted by Gasteiger charge is -2.27. The van der Waals surface area contributed by atoms with Crippen LogP contribution in [-0.4, -0.2) is 15.9 Å². The minimum atomic E-state index is -1.78. The lowest BCUT2D eigenvalue weighted by molar-refractivity contribution is 0.0946. The molecule has 1 aromatic heterocycles. The highest BCUT2D eigenvalue weighted by Crippen LogP contribution is 2.33. The summed E-state index contributed by atoms with van der Waals surface area (Å²) >= 11 is 31.0. The van der Waals surface area contributed by atoms with Crippen molar-refractivity contribution >= 4 is 80.9 Å². The Balaban J connectivity index is 2.18. The molecular weight excluding hydrogens is 409 g/mol. The Kier molecular flexibility index (Phi) is 6.11. The average molecular weight is 419 g/mol. The van der Waals surface area contributed by atoms with Crippen molar-refractivity contribution in [2.45, 2.75) is 9.96 Å². The number of amides is 1. The third-order valence-corrected chi connectivity index (χ3v) is 4.65. The minimum Gasteiger partial charge on any atom is -0.361 e. The number of alkyl halides is 3. The van der Waals surface area contributed by atoms with E-state index in [0.717, 1.165) is 0 Å². The van der Waals surface area contributed by atoms with Crippen molar-refractivity contribution in [2.24, 2.45) is 0 Å². The van der Waals surface area contributed by atoms with Crippen LogP contribution in [0.2, 0.25) is 10.0 Å². The van der Waals surface area contributed by atoms with Crippen LogP contribution in [0.5, 0.6) is 0 Å². The molecule has 0 fully saturated rings. The third-order valence-electron chi connectivity index (χ3n) is 2.58. The van der Waals surface area contributed by atoms with Crippen molar-refractivity contribution in [3.8, 4) is 0 Å². The molecule has 0 saturated heterocycles. The summed E-state index contributed by atoms with van der Waals surface area (Å²) in [6.07, 6.45) is -0.981. The van der Waals surface area contributed by atoms with Crippen molar-refractivity contribution in [3.05, 3.63) is 50.6 Å². The molecule has 118 valence electrons. The van der Waals surface area contributed by atoms with E-state index in [1.165, 1.54) is 11.3 Å². The fourth-order valence-electron chi connectivity index (χ4n) is 1.57. The van der Waals surface area contributed by atoms with Crippen LogP contribution in [-0.2, 0) is 0 Å². The Morgan fingerprint density at radius 3 is 2.45 bits per heavy atom. The summed E-state index contributed by atoms with van der Waals surface area (Å²) in [7, 11) is 0. The second-order valence-electron chi connectivity index (χ2n) is 4.19. The van der Waals surface area contributed by atoms with E-state index < -0.39 is 9.96 Å². The molecule has 2 aromatic rings. The topological polar surface area (TPSA) is 41.1 Å². The summed E-state index contributed by atoms with van der Waals surface area (Å²) in [5.41, 5.74) is 0.480. The van der Waals surface area contributed by atoms with Gasteiger partial charge in [-0.1, -0.05) is 64.1 Å². The maximum absolute atomic E-state index is 12.1. The Morgan fingerprint density at radius 1 is 1.18 bits per heavy atom. The zero-order chi connectivity index (χ0) is 16.3. The van der Waals surface area contributed by atoms with Gasteiger partial charge in [-0.3, -0.25) is 4.79 Å². The predicted octanol–water partition coefficient (Wildman–Crippen LogP) is 5.59. The van der Waals surface area contributed by atoms with Crippen LogP contribution in [0.4, 0.5) is 5.69 Å². The number of thiophene rings is 1. The number of benzene rings is 1. The molecule has 0 radical (unpaired) electrons. The van der Waals surface area contributed by atoms with E-state index in [9.17, 15) is 4.79 Å². The largest absolute Gasteiger partial charge is 0.361 e. The highest BCUT2D eigenvalue weighted by atomic mass is 35.6. The van der Waals surface area contributed by atoms with Gasteiger partial charge in [0.2, 0.25) is 3.79 Å². The van der Waals surface area contributed by atoms with Gasteiger partial charge in [-0.15, -0.1) is 11.3 Å². The van der Waals surface area contributed by atoms with Crippen LogP contribution in [0.1, 0.15) is 9.67 Å². The molecule has 1 amide bonds. The van der Waals surface area contributed by atoms with E-state index >= 15 is 0 Å². The van der Waals surface area contributed by atoms with Crippen molar-refractivity contribution in [1.29, 1.82) is 0 Å². The summed E-state index contributed by atoms with van der Waals surface area (Å²) in [4.78, 5) is 12.6. The molecule has 1 heterocycles. The maximum Gasteiger partial charge on any atom is 0.263 e. The smallest absolute Gasteiger partial charge is 0.263 e. The minimum absolute atomic E-state index is 0.345. The molecule has 2 rings (SSSR count). The monoisotopic (exact) mass is 416 g/mol. The van der Waals surface area contributed by atoms with Gasteiger partial charge in [-0.05, 0) is 29.6 Å². The van der Waals surface area contributed by atoms with Gasteiger partial charge in [0.05, 0.1) is 15.6 Å². The van der Waals surface area contributed by atoms with E-state index in [-0.39, 0.29) is 5.91 Å². The Labute approximate surface area is 156 Å². The number of carbonyl (C=O) groups is 1. The SMILES string of the molecule is O=C(N[C@H](Nc1ccc(Cl)cc1Cl)C(Cl)(Cl)Cl)c1cccs1. The molecule has 0 aliphatic rings. The molecule has 1 atom stereocenters. The summed E-state index contributed by atoms with van der Waals surface area (Å²) in [6.45, 7) is 0. The van der Waals surface area contributed by atoms with Gasteiger partial charge >= 0.3 is 0 Å². The van der Waals surface area contributed by atoms with Crippen LogP contribution in [0.15, 0.2) is 35.7 Å². The van der Waals surface area contributed by atoms with Gasteiger partial charge < -0.3 is 10.6 Å². The molecular formula is C13H9Cl5N2OS. The zero-order valence-corrected chi connectivity index (χ0v) is 15.3. The van der Waals surface area contributed by atoms with E-state index in [1.807, 2.05) is 0 Å². The lowest BCUT2D eigenvalue weighted by Crippen LogP contribution is -2.49. The van der Waals surface area contributed by atoms with Gasteiger partial charge in [-0.2, -0.15) is 0 Å². The standard InChI is InChI=1S/C13H9Cl5N2OS/c14-7-3-4-9(8(15)6-7)19-12(13(16,17)18)20-11(21)10-2-1-5-22-10/h1-6,12,19H,(H,20,21)/t12-/m0/s1. The van der Waals surface area contributed by atoms with Crippen LogP contribution in [0, 0.1) is 0 Å². The second-order valence-corrected chi connectivity index (χ2v) is 8.35. The highest BCUT2D eigenvalue weighted by molar-refractivity contribution is 7.12. The fraction of sp³-hybridized carbons (Fsp3) is 0.154. The molecule has 9 heteroatoms. The van der Waals surface area contributed by atoms with Crippen molar-refractivity contribution in [3.63, 3.8) is 0 Å². The molecule has 0 spiro atoms. The molecule has 0 saturated carbocycles. The van der Waals surface area contributed by atoms with Gasteiger partial charge in [0.15, 0.2) is 0 Å². The number of anilines is 1. The quantitative estimate of drug-likeness (QED) is 0.502. The summed E-state index contributed by atoms with van der Waals surface area (Å²) in [5.74, 6) is -0.357. The molecule has 22 heavy (non-hydrogen) atoms. The third kappa shape index (κ3) is 4.82. The number of carbonyl (C=O) groups excluding carboxylic acids is 1. The molecule has 1 aromatic carbocycles. The first kappa shape index (κ1) is 18.0. The number of halogens is 5. The predicted molar refractivity (Wildman–Crippen MR) is 95.9 cm³/mol. The van der Waals surface area contributed by atoms with Crippen molar-refractivity contribution in [1.82, 2.24) is 5.32 Å². The lowest BCUT2D eigenvalue weighted by atomic mass is 10.3. The first-order valence-corrected chi connectivity index (χ1v) is 8.67. The average Bonchev–Trinajstić information content (AvgIpc) is 2.93. The van der Waals surface area contributed by atoms with Crippen LogP contribution >= 0.6 is 69.3 Å². The molecule has 0 aliphatic carbocycles.